The van der Waals surface area contributed by atoms with Crippen molar-refractivity contribution in [3.05, 3.63) is 47.6 Å². The molecular formula is C20H19NO4. The molecule has 0 unspecified atom stereocenters. The van der Waals surface area contributed by atoms with Gasteiger partial charge in [-0.3, -0.25) is 14.4 Å². The molecule has 5 nitrogen and oxygen atoms in total. The molecule has 3 aliphatic rings. The number of rotatable bonds is 2. The Labute approximate surface area is 146 Å². The van der Waals surface area contributed by atoms with Gasteiger partial charge in [0.2, 0.25) is 11.8 Å². The summed E-state index contributed by atoms with van der Waals surface area (Å²) in [4.78, 5) is 38.5. The average Bonchev–Trinajstić information content (AvgIpc) is 3.17. The molecule has 4 atom stereocenters. The molecule has 0 spiro atoms. The van der Waals surface area contributed by atoms with Crippen molar-refractivity contribution >= 4 is 23.5 Å². The monoisotopic (exact) mass is 337 g/mol. The molecule has 1 heterocycles. The summed E-state index contributed by atoms with van der Waals surface area (Å²) in [6.45, 7) is 5.39. The minimum atomic E-state index is -0.441. The predicted molar refractivity (Wildman–Crippen MR) is 91.7 cm³/mol. The van der Waals surface area contributed by atoms with Crippen LogP contribution in [0.5, 0.6) is 5.75 Å². The Morgan fingerprint density at radius 2 is 1.60 bits per heavy atom. The molecule has 1 saturated heterocycles. The van der Waals surface area contributed by atoms with Crippen LogP contribution in [0.15, 0.2) is 47.6 Å². The molecule has 2 bridgehead atoms. The number of carbonyl (C=O) groups is 3. The lowest BCUT2D eigenvalue weighted by Crippen LogP contribution is -2.33. The van der Waals surface area contributed by atoms with Gasteiger partial charge in [-0.2, -0.15) is 0 Å². The smallest absolute Gasteiger partial charge is 0.308 e. The van der Waals surface area contributed by atoms with Gasteiger partial charge in [0.25, 0.3) is 0 Å². The molecule has 1 aromatic rings. The number of hydrogen-bond acceptors (Lipinski definition) is 4. The second kappa shape index (κ2) is 5.41. The number of anilines is 1. The summed E-state index contributed by atoms with van der Waals surface area (Å²) in [6.07, 6.45) is 4.14. The fraction of sp³-hybridized carbons (Fsp3) is 0.350. The third-order valence-electron chi connectivity index (χ3n) is 5.33. The summed E-state index contributed by atoms with van der Waals surface area (Å²) in [5.74, 6) is -1.01. The van der Waals surface area contributed by atoms with Gasteiger partial charge in [0, 0.05) is 24.8 Å². The first-order chi connectivity index (χ1) is 11.9. The van der Waals surface area contributed by atoms with Crippen LogP contribution in [0.4, 0.5) is 5.69 Å². The molecule has 0 aromatic heterocycles. The third kappa shape index (κ3) is 2.18. The van der Waals surface area contributed by atoms with E-state index in [1.165, 1.54) is 23.0 Å². The SMILES string of the molecule is CC(=O)Oc1cccc(N2C(=O)[C@@H]3[C@H](C2=O)[C@@H]2C=C[C@H]3C2=C(C)C)c1. The molecule has 1 aromatic carbocycles. The Morgan fingerprint density at radius 3 is 2.12 bits per heavy atom. The standard InChI is InChI=1S/C20H19NO4/c1-10(2)16-14-7-8-15(16)18-17(14)19(23)21(20(18)24)12-5-4-6-13(9-12)25-11(3)22/h4-9,14-15,17-18H,1-3H3/t14-,15+,17-,18+. The second-order valence-corrected chi connectivity index (χ2v) is 7.05. The van der Waals surface area contributed by atoms with E-state index in [1.807, 2.05) is 13.8 Å². The van der Waals surface area contributed by atoms with Crippen molar-refractivity contribution in [1.82, 2.24) is 0 Å². The lowest BCUT2D eigenvalue weighted by Gasteiger charge is -2.19. The van der Waals surface area contributed by atoms with Crippen molar-refractivity contribution in [2.75, 3.05) is 4.90 Å². The summed E-state index contributed by atoms with van der Waals surface area (Å²) >= 11 is 0. The largest absolute Gasteiger partial charge is 0.427 e. The van der Waals surface area contributed by atoms with Crippen LogP contribution in [-0.4, -0.2) is 17.8 Å². The first-order valence-electron chi connectivity index (χ1n) is 8.42. The molecule has 4 rings (SSSR count). The van der Waals surface area contributed by atoms with E-state index in [1.54, 1.807) is 24.3 Å². The molecule has 2 aliphatic carbocycles. The lowest BCUT2D eigenvalue weighted by molar-refractivity contribution is -0.132. The van der Waals surface area contributed by atoms with E-state index < -0.39 is 5.97 Å². The van der Waals surface area contributed by atoms with Crippen molar-refractivity contribution in [3.8, 4) is 5.75 Å². The summed E-state index contributed by atoms with van der Waals surface area (Å²) in [5.41, 5.74) is 2.88. The number of benzene rings is 1. The average molecular weight is 337 g/mol. The zero-order valence-corrected chi connectivity index (χ0v) is 14.4. The third-order valence-corrected chi connectivity index (χ3v) is 5.33. The quantitative estimate of drug-likeness (QED) is 0.360. The molecule has 2 amide bonds. The zero-order chi connectivity index (χ0) is 17.9. The zero-order valence-electron chi connectivity index (χ0n) is 14.4. The molecule has 128 valence electrons. The number of amides is 2. The van der Waals surface area contributed by atoms with E-state index >= 15 is 0 Å². The molecular weight excluding hydrogens is 318 g/mol. The highest BCUT2D eigenvalue weighted by atomic mass is 16.5. The second-order valence-electron chi connectivity index (χ2n) is 7.05. The lowest BCUT2D eigenvalue weighted by atomic mass is 9.85. The van der Waals surface area contributed by atoms with Crippen LogP contribution in [0.1, 0.15) is 20.8 Å². The van der Waals surface area contributed by atoms with Crippen LogP contribution in [-0.2, 0) is 14.4 Å². The maximum Gasteiger partial charge on any atom is 0.308 e. The predicted octanol–water partition coefficient (Wildman–Crippen LogP) is 2.87. The highest BCUT2D eigenvalue weighted by molar-refractivity contribution is 6.23. The number of allylic oxidation sites excluding steroid dienone is 4. The Hall–Kier alpha value is -2.69. The van der Waals surface area contributed by atoms with E-state index in [2.05, 4.69) is 12.2 Å². The maximum atomic E-state index is 13.0. The number of carbonyl (C=O) groups excluding carboxylic acids is 3. The van der Waals surface area contributed by atoms with Gasteiger partial charge in [0.15, 0.2) is 0 Å². The van der Waals surface area contributed by atoms with Gasteiger partial charge in [0.05, 0.1) is 17.5 Å². The topological polar surface area (TPSA) is 63.7 Å². The Bertz CT molecular complexity index is 828. The number of imide groups is 1. The van der Waals surface area contributed by atoms with E-state index in [-0.39, 0.29) is 35.5 Å². The molecule has 2 fully saturated rings. The number of fused-ring (bicyclic) bond motifs is 5. The summed E-state index contributed by atoms with van der Waals surface area (Å²) < 4.78 is 5.07. The van der Waals surface area contributed by atoms with Crippen LogP contribution in [0, 0.1) is 23.7 Å². The Balaban J connectivity index is 1.70. The summed E-state index contributed by atoms with van der Waals surface area (Å²) in [7, 11) is 0. The maximum absolute atomic E-state index is 13.0. The van der Waals surface area contributed by atoms with Gasteiger partial charge in [-0.15, -0.1) is 0 Å². The summed E-state index contributed by atoms with van der Waals surface area (Å²) in [5, 5.41) is 0. The van der Waals surface area contributed by atoms with Crippen LogP contribution >= 0.6 is 0 Å². The number of ether oxygens (including phenoxy) is 1. The summed E-state index contributed by atoms with van der Waals surface area (Å²) in [6, 6.07) is 6.57. The van der Waals surface area contributed by atoms with Crippen LogP contribution in [0.2, 0.25) is 0 Å². The molecule has 25 heavy (non-hydrogen) atoms. The van der Waals surface area contributed by atoms with Crippen LogP contribution in [0.3, 0.4) is 0 Å². The van der Waals surface area contributed by atoms with Crippen molar-refractivity contribution in [1.29, 1.82) is 0 Å². The minimum Gasteiger partial charge on any atom is -0.427 e. The van der Waals surface area contributed by atoms with E-state index in [0.717, 1.165) is 0 Å². The van der Waals surface area contributed by atoms with Crippen LogP contribution in [0.25, 0.3) is 0 Å². The fourth-order valence-electron chi connectivity index (χ4n) is 4.54. The van der Waals surface area contributed by atoms with Gasteiger partial charge in [-0.05, 0) is 26.0 Å². The molecule has 5 heteroatoms. The molecule has 0 radical (unpaired) electrons. The first kappa shape index (κ1) is 15.8. The van der Waals surface area contributed by atoms with Crippen molar-refractivity contribution < 1.29 is 19.1 Å². The van der Waals surface area contributed by atoms with Gasteiger partial charge in [-0.1, -0.05) is 29.4 Å². The molecule has 1 aliphatic heterocycles. The number of nitrogens with zero attached hydrogens (tertiary/aromatic N) is 1. The van der Waals surface area contributed by atoms with Crippen molar-refractivity contribution in [2.45, 2.75) is 20.8 Å². The van der Waals surface area contributed by atoms with Crippen LogP contribution < -0.4 is 9.64 Å². The van der Waals surface area contributed by atoms with Gasteiger partial charge in [0.1, 0.15) is 5.75 Å². The Morgan fingerprint density at radius 1 is 1.00 bits per heavy atom. The van der Waals surface area contributed by atoms with Gasteiger partial charge < -0.3 is 4.74 Å². The minimum absolute atomic E-state index is 0.0260. The number of hydrogen-bond donors (Lipinski definition) is 0. The van der Waals surface area contributed by atoms with E-state index in [4.69, 9.17) is 4.74 Å². The van der Waals surface area contributed by atoms with Crippen molar-refractivity contribution in [2.24, 2.45) is 23.7 Å². The van der Waals surface area contributed by atoms with Crippen molar-refractivity contribution in [3.63, 3.8) is 0 Å². The Kier molecular flexibility index (Phi) is 3.42. The van der Waals surface area contributed by atoms with E-state index in [9.17, 15) is 14.4 Å². The highest BCUT2D eigenvalue weighted by Crippen LogP contribution is 2.57. The fourth-order valence-corrected chi connectivity index (χ4v) is 4.54. The normalized spacial score (nSPS) is 29.4. The van der Waals surface area contributed by atoms with E-state index in [0.29, 0.717) is 11.4 Å². The number of esters is 1. The highest BCUT2D eigenvalue weighted by Gasteiger charge is 2.61. The van der Waals surface area contributed by atoms with Gasteiger partial charge >= 0.3 is 5.97 Å². The van der Waals surface area contributed by atoms with Gasteiger partial charge in [-0.25, -0.2) is 4.90 Å². The molecule has 1 saturated carbocycles. The molecule has 0 N–H and O–H groups in total. The first-order valence-corrected chi connectivity index (χ1v) is 8.42.